The summed E-state index contributed by atoms with van der Waals surface area (Å²) in [7, 11) is 0. The van der Waals surface area contributed by atoms with Crippen LogP contribution in [0.3, 0.4) is 0 Å². The van der Waals surface area contributed by atoms with Crippen LogP contribution in [0.5, 0.6) is 11.5 Å². The summed E-state index contributed by atoms with van der Waals surface area (Å²) in [4.78, 5) is 8.68. The average molecular weight is 344 g/mol. The second-order valence-electron chi connectivity index (χ2n) is 6.17. The maximum Gasteiger partial charge on any atom is 0.141 e. The van der Waals surface area contributed by atoms with E-state index in [0.717, 1.165) is 22.3 Å². The predicted molar refractivity (Wildman–Crippen MR) is 107 cm³/mol. The number of aliphatic imine (C=N–C) groups is 2. The van der Waals surface area contributed by atoms with Gasteiger partial charge in [0.1, 0.15) is 22.9 Å². The molecule has 0 aliphatic heterocycles. The van der Waals surface area contributed by atoms with Crippen LogP contribution in [0.4, 0.5) is 11.4 Å². The van der Waals surface area contributed by atoms with Gasteiger partial charge in [-0.15, -0.1) is 0 Å². The minimum absolute atomic E-state index is 0.161. The van der Waals surface area contributed by atoms with E-state index in [4.69, 9.17) is 0 Å². The monoisotopic (exact) mass is 344 g/mol. The van der Waals surface area contributed by atoms with Crippen LogP contribution < -0.4 is 0 Å². The maximum absolute atomic E-state index is 9.83. The zero-order valence-corrected chi connectivity index (χ0v) is 14.7. The van der Waals surface area contributed by atoms with Crippen LogP contribution >= 0.6 is 0 Å². The minimum atomic E-state index is 0.161. The molecule has 0 amide bonds. The highest BCUT2D eigenvalue weighted by Crippen LogP contribution is 2.27. The van der Waals surface area contributed by atoms with E-state index in [9.17, 15) is 10.2 Å². The normalized spacial score (nSPS) is 11.5. The molecule has 0 saturated carbocycles. The summed E-state index contributed by atoms with van der Waals surface area (Å²) in [6.45, 7) is 3.91. The zero-order valence-electron chi connectivity index (χ0n) is 14.7. The highest BCUT2D eigenvalue weighted by atomic mass is 16.3. The molecule has 0 aromatic heterocycles. The summed E-state index contributed by atoms with van der Waals surface area (Å²) in [6, 6.07) is 18.3. The van der Waals surface area contributed by atoms with Gasteiger partial charge in [-0.05, 0) is 60.4 Å². The van der Waals surface area contributed by atoms with E-state index in [0.29, 0.717) is 11.4 Å². The van der Waals surface area contributed by atoms with Gasteiger partial charge in [0.15, 0.2) is 0 Å². The van der Waals surface area contributed by atoms with Crippen molar-refractivity contribution in [3.63, 3.8) is 0 Å². The van der Waals surface area contributed by atoms with Crippen molar-refractivity contribution < 1.29 is 10.2 Å². The molecule has 3 aromatic rings. The van der Waals surface area contributed by atoms with Crippen molar-refractivity contribution >= 4 is 23.8 Å². The van der Waals surface area contributed by atoms with E-state index in [1.54, 1.807) is 24.6 Å². The van der Waals surface area contributed by atoms with E-state index < -0.39 is 0 Å². The molecule has 2 N–H and O–H groups in total. The number of aromatic hydroxyl groups is 2. The largest absolute Gasteiger partial charge is 0.506 e. The molecule has 3 rings (SSSR count). The number of phenols is 2. The molecule has 26 heavy (non-hydrogen) atoms. The van der Waals surface area contributed by atoms with Gasteiger partial charge in [0.2, 0.25) is 0 Å². The first-order valence-corrected chi connectivity index (χ1v) is 8.29. The van der Waals surface area contributed by atoms with Crippen molar-refractivity contribution in [1.82, 2.24) is 0 Å². The molecule has 130 valence electrons. The maximum atomic E-state index is 9.83. The molecular weight excluding hydrogens is 324 g/mol. The third kappa shape index (κ3) is 4.36. The third-order valence-corrected chi connectivity index (χ3v) is 3.90. The Bertz CT molecular complexity index is 893. The topological polar surface area (TPSA) is 65.2 Å². The average Bonchev–Trinajstić information content (AvgIpc) is 2.64. The summed E-state index contributed by atoms with van der Waals surface area (Å²) in [6.07, 6.45) is 3.42. The van der Waals surface area contributed by atoms with Gasteiger partial charge in [0.05, 0.1) is 0 Å². The molecule has 0 radical (unpaired) electrons. The molecule has 3 aromatic carbocycles. The van der Waals surface area contributed by atoms with Gasteiger partial charge in [0, 0.05) is 12.4 Å². The molecule has 0 unspecified atom stereocenters. The molecule has 0 atom stereocenters. The first-order valence-electron chi connectivity index (χ1n) is 8.29. The van der Waals surface area contributed by atoms with Gasteiger partial charge in [-0.2, -0.15) is 0 Å². The van der Waals surface area contributed by atoms with Crippen LogP contribution in [-0.4, -0.2) is 22.6 Å². The van der Waals surface area contributed by atoms with Crippen LogP contribution in [0.1, 0.15) is 22.3 Å². The lowest BCUT2D eigenvalue weighted by molar-refractivity contribution is 0.476. The predicted octanol–water partition coefficient (Wildman–Crippen LogP) is 5.22. The van der Waals surface area contributed by atoms with E-state index in [-0.39, 0.29) is 11.5 Å². The van der Waals surface area contributed by atoms with E-state index in [1.165, 1.54) is 0 Å². The number of hydrogen-bond donors (Lipinski definition) is 2. The first kappa shape index (κ1) is 17.4. The van der Waals surface area contributed by atoms with Crippen molar-refractivity contribution in [3.05, 3.63) is 82.9 Å². The minimum Gasteiger partial charge on any atom is -0.506 e. The summed E-state index contributed by atoms with van der Waals surface area (Å²) in [5.41, 5.74) is 5.01. The van der Waals surface area contributed by atoms with Gasteiger partial charge in [-0.3, -0.25) is 9.98 Å². The molecule has 0 heterocycles. The highest BCUT2D eigenvalue weighted by Gasteiger charge is 2.00. The Hall–Kier alpha value is -3.40. The van der Waals surface area contributed by atoms with Crippen LogP contribution in [0.25, 0.3) is 0 Å². The van der Waals surface area contributed by atoms with Crippen molar-refractivity contribution in [2.45, 2.75) is 13.8 Å². The lowest BCUT2D eigenvalue weighted by Crippen LogP contribution is -1.85. The standard InChI is InChI=1S/C22H20N2O2/c1-15-3-9-21(25)19(11-15)23-13-17-5-7-18(8-6-17)14-24-20-12-16(2)4-10-22(20)26/h3-14,25-26H,1-2H3. The van der Waals surface area contributed by atoms with Crippen molar-refractivity contribution in [1.29, 1.82) is 0 Å². The molecule has 0 aliphatic carbocycles. The SMILES string of the molecule is Cc1ccc(O)c(N=Cc2ccc(C=Nc3cc(C)ccc3O)cc2)c1. The van der Waals surface area contributed by atoms with Crippen LogP contribution in [-0.2, 0) is 0 Å². The summed E-state index contributed by atoms with van der Waals surface area (Å²) >= 11 is 0. The number of benzene rings is 3. The Morgan fingerprint density at radius 3 is 1.38 bits per heavy atom. The quantitative estimate of drug-likeness (QED) is 0.638. The summed E-state index contributed by atoms with van der Waals surface area (Å²) in [5.74, 6) is 0.321. The lowest BCUT2D eigenvalue weighted by atomic mass is 10.1. The number of phenolic OH excluding ortho intramolecular Hbond substituents is 2. The fourth-order valence-electron chi connectivity index (χ4n) is 2.43. The zero-order chi connectivity index (χ0) is 18.5. The van der Waals surface area contributed by atoms with E-state index in [2.05, 4.69) is 9.98 Å². The molecule has 0 aliphatic rings. The van der Waals surface area contributed by atoms with E-state index >= 15 is 0 Å². The molecule has 0 bridgehead atoms. The first-order chi connectivity index (χ1) is 12.5. The Morgan fingerprint density at radius 1 is 0.615 bits per heavy atom. The van der Waals surface area contributed by atoms with Crippen LogP contribution in [0, 0.1) is 13.8 Å². The smallest absolute Gasteiger partial charge is 0.141 e. The van der Waals surface area contributed by atoms with Crippen molar-refractivity contribution in [2.24, 2.45) is 9.98 Å². The van der Waals surface area contributed by atoms with Crippen LogP contribution in [0.2, 0.25) is 0 Å². The van der Waals surface area contributed by atoms with E-state index in [1.807, 2.05) is 62.4 Å². The van der Waals surface area contributed by atoms with Gasteiger partial charge < -0.3 is 10.2 Å². The third-order valence-electron chi connectivity index (χ3n) is 3.90. The second-order valence-corrected chi connectivity index (χ2v) is 6.17. The molecule has 0 spiro atoms. The van der Waals surface area contributed by atoms with Gasteiger partial charge in [0.25, 0.3) is 0 Å². The summed E-state index contributed by atoms with van der Waals surface area (Å²) < 4.78 is 0. The Labute approximate surface area is 152 Å². The molecule has 0 saturated heterocycles. The fourth-order valence-corrected chi connectivity index (χ4v) is 2.43. The number of hydrogen-bond acceptors (Lipinski definition) is 4. The lowest BCUT2D eigenvalue weighted by Gasteiger charge is -2.01. The molecule has 4 heteroatoms. The Kier molecular flexibility index (Phi) is 5.13. The fraction of sp³-hybridized carbons (Fsp3) is 0.0909. The Balaban J connectivity index is 1.74. The number of aryl methyl sites for hydroxylation is 2. The molecule has 0 fully saturated rings. The van der Waals surface area contributed by atoms with Crippen molar-refractivity contribution in [3.8, 4) is 11.5 Å². The highest BCUT2D eigenvalue weighted by molar-refractivity contribution is 5.86. The van der Waals surface area contributed by atoms with Crippen molar-refractivity contribution in [2.75, 3.05) is 0 Å². The second kappa shape index (κ2) is 7.66. The molecular formula is C22H20N2O2. The number of nitrogens with zero attached hydrogens (tertiary/aromatic N) is 2. The molecule has 4 nitrogen and oxygen atoms in total. The van der Waals surface area contributed by atoms with Gasteiger partial charge in [-0.1, -0.05) is 36.4 Å². The van der Waals surface area contributed by atoms with Crippen LogP contribution in [0.15, 0.2) is 70.6 Å². The summed E-state index contributed by atoms with van der Waals surface area (Å²) in [5, 5.41) is 19.7. The number of rotatable bonds is 4. The van der Waals surface area contributed by atoms with Gasteiger partial charge >= 0.3 is 0 Å². The Morgan fingerprint density at radius 2 is 1.00 bits per heavy atom. The van der Waals surface area contributed by atoms with Gasteiger partial charge in [-0.25, -0.2) is 0 Å².